The Morgan fingerprint density at radius 3 is 2.72 bits per heavy atom. The molecule has 0 unspecified atom stereocenters. The van der Waals surface area contributed by atoms with Crippen molar-refractivity contribution in [2.75, 3.05) is 12.1 Å². The lowest BCUT2D eigenvalue weighted by molar-refractivity contribution is 0.0734. The highest BCUT2D eigenvalue weighted by Gasteiger charge is 2.19. The number of hydrogen-bond donors (Lipinski definition) is 1. The highest BCUT2D eigenvalue weighted by Crippen LogP contribution is 2.34. The number of nitrogens with one attached hydrogen (secondary N) is 1. The van der Waals surface area contributed by atoms with Crippen molar-refractivity contribution in [3.05, 3.63) is 108 Å². The van der Waals surface area contributed by atoms with Crippen LogP contribution in [0.25, 0.3) is 16.9 Å². The zero-order valence-corrected chi connectivity index (χ0v) is 19.6. The second kappa shape index (κ2) is 9.11. The Bertz CT molecular complexity index is 1580. The minimum absolute atomic E-state index is 0.148. The molecule has 0 radical (unpaired) electrons. The third kappa shape index (κ3) is 4.22. The fourth-order valence-electron chi connectivity index (χ4n) is 4.19. The van der Waals surface area contributed by atoms with Gasteiger partial charge in [-0.25, -0.2) is 9.78 Å². The first kappa shape index (κ1) is 21.7. The number of rotatable bonds is 6. The molecule has 3 aromatic carbocycles. The summed E-state index contributed by atoms with van der Waals surface area (Å²) in [5.41, 5.74) is 5.12. The highest BCUT2D eigenvalue weighted by atomic mass is 16.7. The van der Waals surface area contributed by atoms with E-state index in [-0.39, 0.29) is 6.79 Å². The van der Waals surface area contributed by atoms with Crippen LogP contribution in [-0.2, 0) is 6.54 Å². The molecule has 36 heavy (non-hydrogen) atoms. The monoisotopic (exact) mass is 477 g/mol. The van der Waals surface area contributed by atoms with Crippen LogP contribution in [0, 0.1) is 6.92 Å². The fourth-order valence-corrected chi connectivity index (χ4v) is 4.19. The molecule has 0 saturated heterocycles. The standard InChI is InChI=1S/C29H23N3O4/c1-19-12-13-32-26(14-19)31-27(28(32)30-17-20-6-3-2-4-7-20)21-8-5-9-23(15-21)36-29(33)22-10-11-24-25(16-22)35-18-34-24/h2-16,30H,17-18H2,1H3. The van der Waals surface area contributed by atoms with E-state index in [1.165, 1.54) is 0 Å². The highest BCUT2D eigenvalue weighted by molar-refractivity contribution is 5.92. The Morgan fingerprint density at radius 2 is 1.83 bits per heavy atom. The Hall–Kier alpha value is -4.78. The van der Waals surface area contributed by atoms with Gasteiger partial charge >= 0.3 is 5.97 Å². The molecule has 0 bridgehead atoms. The lowest BCUT2D eigenvalue weighted by Gasteiger charge is -2.10. The first-order valence-electron chi connectivity index (χ1n) is 11.6. The van der Waals surface area contributed by atoms with E-state index in [9.17, 15) is 4.79 Å². The average molecular weight is 478 g/mol. The molecular formula is C29H23N3O4. The van der Waals surface area contributed by atoms with E-state index in [4.69, 9.17) is 19.2 Å². The predicted octanol–water partition coefficient (Wildman–Crippen LogP) is 5.87. The maximum atomic E-state index is 12.8. The third-order valence-corrected chi connectivity index (χ3v) is 6.01. The van der Waals surface area contributed by atoms with Crippen molar-refractivity contribution in [1.29, 1.82) is 0 Å². The second-order valence-corrected chi connectivity index (χ2v) is 8.57. The van der Waals surface area contributed by atoms with Crippen LogP contribution in [0.1, 0.15) is 21.5 Å². The molecule has 5 aromatic rings. The summed E-state index contributed by atoms with van der Waals surface area (Å²) in [6.45, 7) is 2.84. The Balaban J connectivity index is 1.31. The molecule has 178 valence electrons. The lowest BCUT2D eigenvalue weighted by atomic mass is 10.1. The number of hydrogen-bond acceptors (Lipinski definition) is 6. The summed E-state index contributed by atoms with van der Waals surface area (Å²) in [5, 5.41) is 3.55. The molecule has 1 aliphatic heterocycles. The summed E-state index contributed by atoms with van der Waals surface area (Å²) >= 11 is 0. The van der Waals surface area contributed by atoms with Gasteiger partial charge in [-0.3, -0.25) is 4.40 Å². The van der Waals surface area contributed by atoms with E-state index in [0.717, 1.165) is 33.8 Å². The number of carbonyl (C=O) groups excluding carboxylic acids is 1. The van der Waals surface area contributed by atoms with Crippen LogP contribution in [0.5, 0.6) is 17.2 Å². The molecule has 0 spiro atoms. The van der Waals surface area contributed by atoms with Crippen molar-refractivity contribution < 1.29 is 19.0 Å². The van der Waals surface area contributed by atoms with E-state index >= 15 is 0 Å². The van der Waals surface area contributed by atoms with Crippen LogP contribution in [0.15, 0.2) is 91.1 Å². The minimum Gasteiger partial charge on any atom is -0.454 e. The van der Waals surface area contributed by atoms with Crippen molar-refractivity contribution in [3.63, 3.8) is 0 Å². The Kier molecular flexibility index (Phi) is 5.50. The number of anilines is 1. The summed E-state index contributed by atoms with van der Waals surface area (Å²) in [6, 6.07) is 26.7. The molecule has 7 nitrogen and oxygen atoms in total. The van der Waals surface area contributed by atoms with E-state index in [2.05, 4.69) is 23.5 Å². The average Bonchev–Trinajstić information content (AvgIpc) is 3.52. The maximum Gasteiger partial charge on any atom is 0.343 e. The van der Waals surface area contributed by atoms with Gasteiger partial charge in [-0.15, -0.1) is 0 Å². The molecule has 0 saturated carbocycles. The largest absolute Gasteiger partial charge is 0.454 e. The number of imidazole rings is 1. The van der Waals surface area contributed by atoms with Crippen molar-refractivity contribution in [2.24, 2.45) is 0 Å². The van der Waals surface area contributed by atoms with E-state index in [1.807, 2.05) is 60.0 Å². The predicted molar refractivity (Wildman–Crippen MR) is 137 cm³/mol. The van der Waals surface area contributed by atoms with Gasteiger partial charge in [-0.2, -0.15) is 0 Å². The number of nitrogens with zero attached hydrogens (tertiary/aromatic N) is 2. The van der Waals surface area contributed by atoms with Crippen LogP contribution < -0.4 is 19.5 Å². The number of fused-ring (bicyclic) bond motifs is 2. The van der Waals surface area contributed by atoms with E-state index in [0.29, 0.717) is 29.4 Å². The van der Waals surface area contributed by atoms with Crippen LogP contribution in [0.4, 0.5) is 5.82 Å². The van der Waals surface area contributed by atoms with Crippen molar-refractivity contribution in [3.8, 4) is 28.5 Å². The second-order valence-electron chi connectivity index (χ2n) is 8.57. The first-order valence-corrected chi connectivity index (χ1v) is 11.6. The zero-order chi connectivity index (χ0) is 24.5. The van der Waals surface area contributed by atoms with E-state index < -0.39 is 5.97 Å². The summed E-state index contributed by atoms with van der Waals surface area (Å²) in [4.78, 5) is 17.7. The fraction of sp³-hybridized carbons (Fsp3) is 0.103. The van der Waals surface area contributed by atoms with Crippen molar-refractivity contribution in [1.82, 2.24) is 9.38 Å². The first-order chi connectivity index (χ1) is 17.6. The topological polar surface area (TPSA) is 74.1 Å². The molecule has 6 rings (SSSR count). The number of pyridine rings is 1. The number of esters is 1. The summed E-state index contributed by atoms with van der Waals surface area (Å²) in [5.74, 6) is 1.97. The van der Waals surface area contributed by atoms with Crippen molar-refractivity contribution >= 4 is 17.4 Å². The summed E-state index contributed by atoms with van der Waals surface area (Å²) in [7, 11) is 0. The van der Waals surface area contributed by atoms with Crippen LogP contribution in [-0.4, -0.2) is 22.1 Å². The molecule has 2 aromatic heterocycles. The molecule has 0 amide bonds. The number of aryl methyl sites for hydroxylation is 1. The normalized spacial score (nSPS) is 12.0. The quantitative estimate of drug-likeness (QED) is 0.244. The molecule has 7 heteroatoms. The Morgan fingerprint density at radius 1 is 0.972 bits per heavy atom. The van der Waals surface area contributed by atoms with Crippen LogP contribution in [0.3, 0.4) is 0 Å². The van der Waals surface area contributed by atoms with Gasteiger partial charge in [0.05, 0.1) is 5.56 Å². The van der Waals surface area contributed by atoms with Gasteiger partial charge in [0, 0.05) is 18.3 Å². The number of benzene rings is 3. The smallest absolute Gasteiger partial charge is 0.343 e. The number of carbonyl (C=O) groups is 1. The molecule has 1 N–H and O–H groups in total. The zero-order valence-electron chi connectivity index (χ0n) is 19.6. The van der Waals surface area contributed by atoms with Crippen LogP contribution in [0.2, 0.25) is 0 Å². The molecular weight excluding hydrogens is 454 g/mol. The third-order valence-electron chi connectivity index (χ3n) is 6.01. The molecule has 0 aliphatic carbocycles. The summed E-state index contributed by atoms with van der Waals surface area (Å²) < 4.78 is 18.4. The van der Waals surface area contributed by atoms with Gasteiger partial charge in [0.15, 0.2) is 11.5 Å². The number of ether oxygens (including phenoxy) is 3. The maximum absolute atomic E-state index is 12.8. The molecule has 0 atom stereocenters. The number of aromatic nitrogens is 2. The molecule has 0 fully saturated rings. The summed E-state index contributed by atoms with van der Waals surface area (Å²) in [6.07, 6.45) is 2.01. The van der Waals surface area contributed by atoms with Gasteiger partial charge < -0.3 is 19.5 Å². The Labute approximate surface area is 207 Å². The van der Waals surface area contributed by atoms with Crippen molar-refractivity contribution in [2.45, 2.75) is 13.5 Å². The molecule has 3 heterocycles. The minimum atomic E-state index is -0.474. The van der Waals surface area contributed by atoms with Gasteiger partial charge in [0.25, 0.3) is 0 Å². The SMILES string of the molecule is Cc1ccn2c(NCc3ccccc3)c(-c3cccc(OC(=O)c4ccc5c(c4)OCO5)c3)nc2c1. The van der Waals surface area contributed by atoms with Gasteiger partial charge in [-0.05, 0) is 60.5 Å². The van der Waals surface area contributed by atoms with Gasteiger partial charge in [-0.1, -0.05) is 42.5 Å². The van der Waals surface area contributed by atoms with Crippen LogP contribution >= 0.6 is 0 Å². The van der Waals surface area contributed by atoms with E-state index in [1.54, 1.807) is 24.3 Å². The van der Waals surface area contributed by atoms with Gasteiger partial charge in [0.1, 0.15) is 22.9 Å². The lowest BCUT2D eigenvalue weighted by Crippen LogP contribution is -2.08. The molecule has 1 aliphatic rings. The van der Waals surface area contributed by atoms with Gasteiger partial charge in [0.2, 0.25) is 6.79 Å².